The van der Waals surface area contributed by atoms with E-state index in [2.05, 4.69) is 10.3 Å². The number of anilines is 1. The molecule has 1 N–H and O–H groups in total. The van der Waals surface area contributed by atoms with Crippen LogP contribution in [0, 0.1) is 6.92 Å². The molecule has 8 heteroatoms. The molecule has 2 aromatic carbocycles. The zero-order valence-electron chi connectivity index (χ0n) is 15.0. The summed E-state index contributed by atoms with van der Waals surface area (Å²) in [4.78, 5) is 29.1. The van der Waals surface area contributed by atoms with Crippen molar-refractivity contribution in [2.75, 3.05) is 17.7 Å². The summed E-state index contributed by atoms with van der Waals surface area (Å²) in [6.45, 7) is 1.67. The number of thiazole rings is 1. The number of benzene rings is 2. The zero-order valence-corrected chi connectivity index (χ0v) is 17.4. The predicted molar refractivity (Wildman–Crippen MR) is 114 cm³/mol. The van der Waals surface area contributed by atoms with Gasteiger partial charge in [0.05, 0.1) is 11.4 Å². The first kappa shape index (κ1) is 20.4. The highest BCUT2D eigenvalue weighted by Crippen LogP contribution is 2.25. The third kappa shape index (κ3) is 6.09. The van der Waals surface area contributed by atoms with Gasteiger partial charge >= 0.3 is 5.97 Å². The van der Waals surface area contributed by atoms with Crippen LogP contribution in [0.3, 0.4) is 0 Å². The van der Waals surface area contributed by atoms with Crippen molar-refractivity contribution < 1.29 is 14.3 Å². The molecule has 0 atom stereocenters. The van der Waals surface area contributed by atoms with Crippen molar-refractivity contribution >= 4 is 51.7 Å². The van der Waals surface area contributed by atoms with Crippen LogP contribution in [0.5, 0.6) is 0 Å². The van der Waals surface area contributed by atoms with Crippen LogP contribution in [0.4, 0.5) is 5.13 Å². The van der Waals surface area contributed by atoms with E-state index in [0.717, 1.165) is 16.2 Å². The average molecular weight is 433 g/mol. The Morgan fingerprint density at radius 2 is 1.86 bits per heavy atom. The Morgan fingerprint density at radius 1 is 1.14 bits per heavy atom. The van der Waals surface area contributed by atoms with Crippen molar-refractivity contribution in [2.24, 2.45) is 0 Å². The summed E-state index contributed by atoms with van der Waals surface area (Å²) in [6.07, 6.45) is 0. The minimum Gasteiger partial charge on any atom is -0.455 e. The molecule has 0 bridgehead atoms. The molecule has 1 amide bonds. The van der Waals surface area contributed by atoms with Crippen LogP contribution in [0.15, 0.2) is 58.8 Å². The van der Waals surface area contributed by atoms with Crippen LogP contribution in [0.1, 0.15) is 5.56 Å². The van der Waals surface area contributed by atoms with Gasteiger partial charge < -0.3 is 4.74 Å². The number of aryl methyl sites for hydroxylation is 1. The third-order valence-electron chi connectivity index (χ3n) is 3.63. The van der Waals surface area contributed by atoms with Crippen LogP contribution in [0.2, 0.25) is 5.02 Å². The van der Waals surface area contributed by atoms with Crippen molar-refractivity contribution in [3.63, 3.8) is 0 Å². The average Bonchev–Trinajstić information content (AvgIpc) is 3.15. The maximum absolute atomic E-state index is 12.0. The van der Waals surface area contributed by atoms with Gasteiger partial charge in [0.15, 0.2) is 11.7 Å². The molecule has 0 aliphatic carbocycles. The van der Waals surface area contributed by atoms with Crippen molar-refractivity contribution in [1.82, 2.24) is 4.98 Å². The van der Waals surface area contributed by atoms with Gasteiger partial charge in [-0.25, -0.2) is 4.98 Å². The molecule has 0 aliphatic rings. The minimum absolute atomic E-state index is 0.115. The first-order chi connectivity index (χ1) is 13.5. The van der Waals surface area contributed by atoms with E-state index < -0.39 is 11.9 Å². The fourth-order valence-corrected chi connectivity index (χ4v) is 3.76. The molecule has 0 aliphatic heterocycles. The SMILES string of the molecule is Cc1ccc(-c2csc(NC(=O)COC(=O)CSc3ccc(Cl)cc3)n2)cc1. The summed E-state index contributed by atoms with van der Waals surface area (Å²) in [5.41, 5.74) is 2.94. The number of thioether (sulfide) groups is 1. The van der Waals surface area contributed by atoms with Crippen molar-refractivity contribution in [2.45, 2.75) is 11.8 Å². The number of carbonyl (C=O) groups excluding carboxylic acids is 2. The van der Waals surface area contributed by atoms with Gasteiger partial charge in [0, 0.05) is 20.9 Å². The van der Waals surface area contributed by atoms with Gasteiger partial charge in [-0.15, -0.1) is 23.1 Å². The number of nitrogens with one attached hydrogen (secondary N) is 1. The molecule has 0 radical (unpaired) electrons. The number of esters is 1. The van der Waals surface area contributed by atoms with Gasteiger partial charge in [-0.1, -0.05) is 41.4 Å². The quantitative estimate of drug-likeness (QED) is 0.418. The monoisotopic (exact) mass is 432 g/mol. The topological polar surface area (TPSA) is 68.3 Å². The largest absolute Gasteiger partial charge is 0.455 e. The summed E-state index contributed by atoms with van der Waals surface area (Å²) in [5.74, 6) is -0.770. The van der Waals surface area contributed by atoms with Gasteiger partial charge in [-0.3, -0.25) is 14.9 Å². The Hall–Kier alpha value is -2.35. The molecule has 28 heavy (non-hydrogen) atoms. The van der Waals surface area contributed by atoms with E-state index in [1.54, 1.807) is 12.1 Å². The number of amides is 1. The summed E-state index contributed by atoms with van der Waals surface area (Å²) in [6, 6.07) is 15.1. The van der Waals surface area contributed by atoms with Crippen LogP contribution in [0.25, 0.3) is 11.3 Å². The molecule has 5 nitrogen and oxygen atoms in total. The maximum atomic E-state index is 12.0. The Balaban J connectivity index is 1.43. The Morgan fingerprint density at radius 3 is 2.57 bits per heavy atom. The van der Waals surface area contributed by atoms with Crippen LogP contribution in [-0.4, -0.2) is 29.2 Å². The van der Waals surface area contributed by atoms with E-state index >= 15 is 0 Å². The van der Waals surface area contributed by atoms with Crippen LogP contribution < -0.4 is 5.32 Å². The Kier molecular flexibility index (Phi) is 7.08. The number of nitrogens with zero attached hydrogens (tertiary/aromatic N) is 1. The van der Waals surface area contributed by atoms with Gasteiger partial charge in [-0.05, 0) is 31.2 Å². The lowest BCUT2D eigenvalue weighted by molar-refractivity contribution is -0.144. The van der Waals surface area contributed by atoms with Crippen molar-refractivity contribution in [3.05, 3.63) is 64.5 Å². The molecule has 0 saturated carbocycles. The van der Waals surface area contributed by atoms with Crippen LogP contribution in [-0.2, 0) is 14.3 Å². The van der Waals surface area contributed by atoms with Crippen LogP contribution >= 0.6 is 34.7 Å². The number of ether oxygens (including phenoxy) is 1. The summed E-state index contributed by atoms with van der Waals surface area (Å²) >= 11 is 8.46. The number of aromatic nitrogens is 1. The molecule has 0 saturated heterocycles. The molecular formula is C20H17ClN2O3S2. The molecule has 3 aromatic rings. The molecule has 0 unspecified atom stereocenters. The fourth-order valence-electron chi connectivity index (χ4n) is 2.20. The standard InChI is InChI=1S/C20H17ClN2O3S2/c1-13-2-4-14(5-3-13)17-11-28-20(22-17)23-18(24)10-26-19(25)12-27-16-8-6-15(21)7-9-16/h2-9,11H,10,12H2,1H3,(H,22,23,24). The molecule has 1 aromatic heterocycles. The number of halogens is 1. The zero-order chi connectivity index (χ0) is 19.9. The van der Waals surface area contributed by atoms with E-state index in [0.29, 0.717) is 10.2 Å². The summed E-state index contributed by atoms with van der Waals surface area (Å²) in [5, 5.41) is 5.62. The maximum Gasteiger partial charge on any atom is 0.316 e. The Labute approximate surface area is 176 Å². The smallest absolute Gasteiger partial charge is 0.316 e. The molecule has 0 spiro atoms. The lowest BCUT2D eigenvalue weighted by Crippen LogP contribution is -2.21. The van der Waals surface area contributed by atoms with Gasteiger partial charge in [0.2, 0.25) is 0 Å². The summed E-state index contributed by atoms with van der Waals surface area (Å²) < 4.78 is 5.01. The van der Waals surface area contributed by atoms with E-state index in [1.165, 1.54) is 28.7 Å². The highest BCUT2D eigenvalue weighted by atomic mass is 35.5. The van der Waals surface area contributed by atoms with E-state index in [9.17, 15) is 9.59 Å². The lowest BCUT2D eigenvalue weighted by Gasteiger charge is -2.05. The lowest BCUT2D eigenvalue weighted by atomic mass is 10.1. The number of carbonyl (C=O) groups is 2. The number of rotatable bonds is 7. The van der Waals surface area contributed by atoms with Gasteiger partial charge in [0.1, 0.15) is 0 Å². The normalized spacial score (nSPS) is 10.5. The first-order valence-corrected chi connectivity index (χ1v) is 10.6. The van der Waals surface area contributed by atoms with Gasteiger partial charge in [-0.2, -0.15) is 0 Å². The fraction of sp³-hybridized carbons (Fsp3) is 0.150. The molecule has 1 heterocycles. The Bertz CT molecular complexity index is 956. The highest BCUT2D eigenvalue weighted by Gasteiger charge is 2.11. The molecule has 0 fully saturated rings. The van der Waals surface area contributed by atoms with Crippen molar-refractivity contribution in [1.29, 1.82) is 0 Å². The van der Waals surface area contributed by atoms with Gasteiger partial charge in [0.25, 0.3) is 5.91 Å². The molecule has 3 rings (SSSR count). The minimum atomic E-state index is -0.463. The molecule has 144 valence electrons. The highest BCUT2D eigenvalue weighted by molar-refractivity contribution is 8.00. The second kappa shape index (κ2) is 9.73. The van der Waals surface area contributed by atoms with E-state index in [-0.39, 0.29) is 12.4 Å². The first-order valence-electron chi connectivity index (χ1n) is 8.36. The summed E-state index contributed by atoms with van der Waals surface area (Å²) in [7, 11) is 0. The number of hydrogen-bond acceptors (Lipinski definition) is 6. The predicted octanol–water partition coefficient (Wildman–Crippen LogP) is 5.05. The van der Waals surface area contributed by atoms with E-state index in [4.69, 9.17) is 16.3 Å². The third-order valence-corrected chi connectivity index (χ3v) is 5.63. The molecular weight excluding hydrogens is 416 g/mol. The van der Waals surface area contributed by atoms with Crippen molar-refractivity contribution in [3.8, 4) is 11.3 Å². The number of hydrogen-bond donors (Lipinski definition) is 1. The van der Waals surface area contributed by atoms with E-state index in [1.807, 2.05) is 48.7 Å². The second-order valence-corrected chi connectivity index (χ2v) is 8.20. The second-order valence-electron chi connectivity index (χ2n) is 5.86.